The predicted octanol–water partition coefficient (Wildman–Crippen LogP) is 5.67. The lowest BCUT2D eigenvalue weighted by atomic mass is 10.1. The molecule has 0 fully saturated rings. The first-order valence-electron chi connectivity index (χ1n) is 12.7. The number of anilines is 1. The van der Waals surface area contributed by atoms with Crippen molar-refractivity contribution >= 4 is 27.8 Å². The minimum atomic E-state index is -4.00. The predicted molar refractivity (Wildman–Crippen MR) is 157 cm³/mol. The Morgan fingerprint density at radius 2 is 1.54 bits per heavy atom. The molecule has 39 heavy (non-hydrogen) atoms. The maximum Gasteiger partial charge on any atom is 0.264 e. The summed E-state index contributed by atoms with van der Waals surface area (Å²) in [5, 5.41) is 4.17. The molecule has 3 aromatic carbocycles. The van der Waals surface area contributed by atoms with Crippen LogP contribution in [0.5, 0.6) is 0 Å². The highest BCUT2D eigenvalue weighted by atomic mass is 32.2. The van der Waals surface area contributed by atoms with E-state index in [-0.39, 0.29) is 4.90 Å². The van der Waals surface area contributed by atoms with E-state index in [1.165, 1.54) is 23.3 Å². The number of aryl methyl sites for hydroxylation is 5. The van der Waals surface area contributed by atoms with Crippen LogP contribution in [0.3, 0.4) is 0 Å². The quantitative estimate of drug-likeness (QED) is 0.230. The molecule has 202 valence electrons. The van der Waals surface area contributed by atoms with Gasteiger partial charge in [-0.25, -0.2) is 13.8 Å². The number of hydrogen-bond acceptors (Lipinski definition) is 4. The molecule has 0 atom stereocenters. The highest BCUT2D eigenvalue weighted by Gasteiger charge is 2.28. The first-order valence-corrected chi connectivity index (χ1v) is 14.2. The summed E-state index contributed by atoms with van der Waals surface area (Å²) in [6, 6.07) is 22.0. The maximum atomic E-state index is 13.6. The lowest BCUT2D eigenvalue weighted by molar-refractivity contribution is -0.119. The molecule has 1 N–H and O–H groups in total. The third-order valence-electron chi connectivity index (χ3n) is 6.71. The summed E-state index contributed by atoms with van der Waals surface area (Å²) in [6.45, 7) is 11.5. The Morgan fingerprint density at radius 1 is 0.872 bits per heavy atom. The number of nitrogens with zero attached hydrogens (tertiary/aromatic N) is 3. The molecule has 1 amide bonds. The highest BCUT2D eigenvalue weighted by Crippen LogP contribution is 2.28. The van der Waals surface area contributed by atoms with Crippen LogP contribution >= 0.6 is 0 Å². The van der Waals surface area contributed by atoms with Crippen molar-refractivity contribution in [3.8, 4) is 5.69 Å². The minimum absolute atomic E-state index is 0.112. The number of rotatable bonds is 8. The Hall–Kier alpha value is -4.17. The van der Waals surface area contributed by atoms with Gasteiger partial charge in [-0.05, 0) is 88.6 Å². The Balaban J connectivity index is 1.58. The van der Waals surface area contributed by atoms with Crippen LogP contribution in [0.25, 0.3) is 5.69 Å². The molecule has 0 aliphatic heterocycles. The Bertz CT molecular complexity index is 1650. The molecule has 4 rings (SSSR count). The summed E-state index contributed by atoms with van der Waals surface area (Å²) in [6.07, 6.45) is 1.59. The zero-order valence-electron chi connectivity index (χ0n) is 23.2. The second-order valence-corrected chi connectivity index (χ2v) is 11.7. The molecular weight excluding hydrogens is 508 g/mol. The molecule has 0 radical (unpaired) electrons. The zero-order valence-corrected chi connectivity index (χ0v) is 24.0. The fourth-order valence-electron chi connectivity index (χ4n) is 4.69. The summed E-state index contributed by atoms with van der Waals surface area (Å²) >= 11 is 0. The van der Waals surface area contributed by atoms with Crippen LogP contribution in [0.4, 0.5) is 5.69 Å². The first kappa shape index (κ1) is 27.9. The number of carbonyl (C=O) groups excluding carboxylic acids is 1. The molecule has 0 saturated carbocycles. The molecule has 8 heteroatoms. The van der Waals surface area contributed by atoms with Gasteiger partial charge in [0.15, 0.2) is 0 Å². The van der Waals surface area contributed by atoms with Gasteiger partial charge in [0, 0.05) is 22.6 Å². The lowest BCUT2D eigenvalue weighted by Gasteiger charge is -2.25. The molecule has 7 nitrogen and oxygen atoms in total. The summed E-state index contributed by atoms with van der Waals surface area (Å²) in [7, 11) is -4.00. The van der Waals surface area contributed by atoms with Gasteiger partial charge in [0.1, 0.15) is 6.54 Å². The average molecular weight is 543 g/mol. The van der Waals surface area contributed by atoms with Crippen molar-refractivity contribution in [2.45, 2.75) is 46.4 Å². The van der Waals surface area contributed by atoms with Gasteiger partial charge in [0.2, 0.25) is 0 Å². The van der Waals surface area contributed by atoms with E-state index in [2.05, 4.69) is 47.1 Å². The fraction of sp³-hybridized carbons (Fsp3) is 0.226. The molecule has 1 aromatic heterocycles. The second kappa shape index (κ2) is 11.3. The molecule has 1 heterocycles. The van der Waals surface area contributed by atoms with Crippen molar-refractivity contribution in [3.05, 3.63) is 112 Å². The molecule has 0 bridgehead atoms. The number of hydrazone groups is 1. The molecular formula is C31H34N4O3S. The average Bonchev–Trinajstić information content (AvgIpc) is 3.17. The third kappa shape index (κ3) is 5.96. The van der Waals surface area contributed by atoms with Crippen molar-refractivity contribution in [1.82, 2.24) is 9.99 Å². The number of nitrogens with one attached hydrogen (secondary N) is 1. The summed E-state index contributed by atoms with van der Waals surface area (Å²) in [5.41, 5.74) is 11.0. The monoisotopic (exact) mass is 542 g/mol. The van der Waals surface area contributed by atoms with Crippen LogP contribution in [0.1, 0.15) is 39.2 Å². The van der Waals surface area contributed by atoms with Gasteiger partial charge in [-0.1, -0.05) is 48.0 Å². The normalized spacial score (nSPS) is 11.6. The number of hydrogen-bond donors (Lipinski definition) is 1. The van der Waals surface area contributed by atoms with Crippen LogP contribution in [0.15, 0.2) is 82.8 Å². The Morgan fingerprint density at radius 3 is 2.23 bits per heavy atom. The summed E-state index contributed by atoms with van der Waals surface area (Å²) in [5.74, 6) is -0.546. The van der Waals surface area contributed by atoms with E-state index in [4.69, 9.17) is 0 Å². The molecule has 0 aliphatic rings. The van der Waals surface area contributed by atoms with Crippen LogP contribution in [-0.4, -0.2) is 31.7 Å². The van der Waals surface area contributed by atoms with Gasteiger partial charge in [-0.15, -0.1) is 0 Å². The van der Waals surface area contributed by atoms with E-state index >= 15 is 0 Å². The van der Waals surface area contributed by atoms with E-state index in [0.29, 0.717) is 5.69 Å². The highest BCUT2D eigenvalue weighted by molar-refractivity contribution is 7.92. The van der Waals surface area contributed by atoms with Gasteiger partial charge in [-0.3, -0.25) is 9.10 Å². The van der Waals surface area contributed by atoms with Crippen molar-refractivity contribution in [3.63, 3.8) is 0 Å². The molecule has 0 aliphatic carbocycles. The standard InChI is InChI=1S/C31H34N4O3S/c1-21-13-15-29(24(4)16-21)35-25(5)18-27(26(35)6)19-32-33-31(36)20-34(30-17-22(2)12-14-23(30)3)39(37,38)28-10-8-7-9-11-28/h7-19H,20H2,1-6H3,(H,33,36)/b32-19-. The van der Waals surface area contributed by atoms with E-state index in [0.717, 1.165) is 38.1 Å². The Kier molecular flexibility index (Phi) is 8.06. The van der Waals surface area contributed by atoms with Crippen molar-refractivity contribution in [2.75, 3.05) is 10.8 Å². The van der Waals surface area contributed by atoms with Gasteiger partial charge >= 0.3 is 0 Å². The van der Waals surface area contributed by atoms with Gasteiger partial charge in [0.25, 0.3) is 15.9 Å². The second-order valence-electron chi connectivity index (χ2n) is 9.86. The zero-order chi connectivity index (χ0) is 28.3. The van der Waals surface area contributed by atoms with E-state index < -0.39 is 22.5 Å². The number of carbonyl (C=O) groups is 1. The number of amides is 1. The number of sulfonamides is 1. The van der Waals surface area contributed by atoms with Crippen molar-refractivity contribution in [1.29, 1.82) is 0 Å². The fourth-order valence-corrected chi connectivity index (χ4v) is 6.19. The van der Waals surface area contributed by atoms with Crippen LogP contribution in [0, 0.1) is 41.5 Å². The lowest BCUT2D eigenvalue weighted by Crippen LogP contribution is -2.40. The molecule has 0 saturated heterocycles. The Labute approximate surface area is 230 Å². The SMILES string of the molecule is Cc1ccc(-n2c(C)cc(/C=N\NC(=O)CN(c3cc(C)ccc3C)S(=O)(=O)c3ccccc3)c2C)c(C)c1. The molecule has 0 unspecified atom stereocenters. The summed E-state index contributed by atoms with van der Waals surface area (Å²) in [4.78, 5) is 13.1. The minimum Gasteiger partial charge on any atom is -0.318 e. The van der Waals surface area contributed by atoms with E-state index in [1.54, 1.807) is 30.5 Å². The number of benzene rings is 3. The topological polar surface area (TPSA) is 83.8 Å². The van der Waals surface area contributed by atoms with Crippen molar-refractivity contribution in [2.24, 2.45) is 5.10 Å². The van der Waals surface area contributed by atoms with Gasteiger partial charge in [-0.2, -0.15) is 5.10 Å². The first-order chi connectivity index (χ1) is 18.5. The summed E-state index contributed by atoms with van der Waals surface area (Å²) < 4.78 is 30.5. The largest absolute Gasteiger partial charge is 0.318 e. The van der Waals surface area contributed by atoms with E-state index in [1.807, 2.05) is 45.9 Å². The van der Waals surface area contributed by atoms with Crippen LogP contribution in [0.2, 0.25) is 0 Å². The van der Waals surface area contributed by atoms with Gasteiger partial charge < -0.3 is 4.57 Å². The van der Waals surface area contributed by atoms with Gasteiger partial charge in [0.05, 0.1) is 16.8 Å². The van der Waals surface area contributed by atoms with E-state index in [9.17, 15) is 13.2 Å². The number of aromatic nitrogens is 1. The third-order valence-corrected chi connectivity index (χ3v) is 8.48. The van der Waals surface area contributed by atoms with Crippen LogP contribution < -0.4 is 9.73 Å². The maximum absolute atomic E-state index is 13.6. The van der Waals surface area contributed by atoms with Crippen molar-refractivity contribution < 1.29 is 13.2 Å². The molecule has 4 aromatic rings. The smallest absolute Gasteiger partial charge is 0.264 e. The molecule has 0 spiro atoms. The van der Waals surface area contributed by atoms with Crippen LogP contribution in [-0.2, 0) is 14.8 Å².